The van der Waals surface area contributed by atoms with E-state index in [1.165, 1.54) is 6.26 Å². The van der Waals surface area contributed by atoms with E-state index in [2.05, 4.69) is 4.98 Å². The van der Waals surface area contributed by atoms with E-state index in [1.807, 2.05) is 69.3 Å². The Balaban J connectivity index is 1.97. The van der Waals surface area contributed by atoms with E-state index in [1.54, 1.807) is 12.1 Å². The normalized spacial score (nSPS) is 12.9. The van der Waals surface area contributed by atoms with Crippen molar-refractivity contribution < 1.29 is 26.7 Å². The molecule has 1 aromatic heterocycles. The summed E-state index contributed by atoms with van der Waals surface area (Å²) in [6, 6.07) is 18.9. The Morgan fingerprint density at radius 1 is 0.829 bits per heavy atom. The monoisotopic (exact) mass is 517 g/mol. The van der Waals surface area contributed by atoms with Crippen molar-refractivity contribution in [2.24, 2.45) is 0 Å². The van der Waals surface area contributed by atoms with Crippen LogP contribution in [0.1, 0.15) is 26.3 Å². The Hall–Kier alpha value is -2.48. The van der Waals surface area contributed by atoms with Crippen molar-refractivity contribution in [3.8, 4) is 5.75 Å². The topological polar surface area (TPSA) is 86.8 Å². The zero-order valence-electron chi connectivity index (χ0n) is 20.5. The zero-order valence-corrected chi connectivity index (χ0v) is 22.3. The number of ether oxygens (including phenoxy) is 1. The van der Waals surface area contributed by atoms with Crippen LogP contribution in [0.15, 0.2) is 65.6 Å². The molecule has 188 valence electrons. The number of fused-ring (bicyclic) bond motifs is 3. The number of benzene rings is 3. The molecule has 0 saturated carbocycles. The van der Waals surface area contributed by atoms with E-state index in [4.69, 9.17) is 18.3 Å². The molecule has 0 fully saturated rings. The molecule has 7 nitrogen and oxygen atoms in total. The van der Waals surface area contributed by atoms with Crippen molar-refractivity contribution in [3.63, 3.8) is 0 Å². The first kappa shape index (κ1) is 25.6. The molecule has 35 heavy (non-hydrogen) atoms. The number of aromatic nitrogens is 1. The molecule has 0 aliphatic heterocycles. The fourth-order valence-corrected chi connectivity index (χ4v) is 7.67. The van der Waals surface area contributed by atoms with Gasteiger partial charge in [-0.3, -0.25) is 0 Å². The van der Waals surface area contributed by atoms with Gasteiger partial charge in [0.25, 0.3) is 0 Å². The second-order valence-electron chi connectivity index (χ2n) is 8.10. The van der Waals surface area contributed by atoms with Crippen LogP contribution in [0.25, 0.3) is 21.8 Å². The van der Waals surface area contributed by atoms with Crippen molar-refractivity contribution >= 4 is 44.9 Å². The second kappa shape index (κ2) is 10.6. The van der Waals surface area contributed by atoms with E-state index in [-0.39, 0.29) is 4.90 Å². The van der Waals surface area contributed by atoms with Crippen molar-refractivity contribution in [3.05, 3.63) is 66.2 Å². The summed E-state index contributed by atoms with van der Waals surface area (Å²) >= 11 is 0. The van der Waals surface area contributed by atoms with Crippen molar-refractivity contribution in [1.82, 2.24) is 4.98 Å². The number of H-pyrrole nitrogens is 1. The summed E-state index contributed by atoms with van der Waals surface area (Å²) in [5.74, 6) is 0.610. The molecule has 1 heterocycles. The molecule has 0 bridgehead atoms. The van der Waals surface area contributed by atoms with Crippen LogP contribution in [-0.4, -0.2) is 39.5 Å². The van der Waals surface area contributed by atoms with E-state index in [0.717, 1.165) is 21.9 Å². The number of nitrogens with one attached hydrogen (secondary N) is 1. The SMILES string of the molecule is CCO[PH](OCC)(OCC)c1c(OCc2ccccc2)ccc2c1[nH]c1cc(S(C)(=O)=O)ccc12. The third-order valence-electron chi connectivity index (χ3n) is 5.68. The van der Waals surface area contributed by atoms with Crippen LogP contribution in [-0.2, 0) is 30.0 Å². The molecule has 0 unspecified atom stereocenters. The Bertz CT molecular complexity index is 1400. The first-order chi connectivity index (χ1) is 16.8. The van der Waals surface area contributed by atoms with E-state index < -0.39 is 17.8 Å². The van der Waals surface area contributed by atoms with Crippen LogP contribution in [0.5, 0.6) is 5.75 Å². The van der Waals surface area contributed by atoms with Gasteiger partial charge in [-0.1, -0.05) is 0 Å². The molecular weight excluding hydrogens is 485 g/mol. The molecule has 0 saturated heterocycles. The van der Waals surface area contributed by atoms with Gasteiger partial charge in [-0.25, -0.2) is 0 Å². The molecule has 0 aliphatic rings. The fraction of sp³-hybridized carbons (Fsp3) is 0.308. The maximum absolute atomic E-state index is 12.2. The van der Waals surface area contributed by atoms with Gasteiger partial charge in [0.05, 0.1) is 0 Å². The summed E-state index contributed by atoms with van der Waals surface area (Å²) in [5, 5.41) is 2.53. The average molecular weight is 518 g/mol. The van der Waals surface area contributed by atoms with Crippen molar-refractivity contribution in [2.45, 2.75) is 32.3 Å². The molecule has 0 atom stereocenters. The van der Waals surface area contributed by atoms with Gasteiger partial charge in [0.1, 0.15) is 0 Å². The molecule has 0 aliphatic carbocycles. The first-order valence-electron chi connectivity index (χ1n) is 11.7. The summed E-state index contributed by atoms with van der Waals surface area (Å²) in [7, 11) is -6.76. The summed E-state index contributed by atoms with van der Waals surface area (Å²) in [6.07, 6.45) is 1.20. The number of hydrogen-bond acceptors (Lipinski definition) is 6. The predicted molar refractivity (Wildman–Crippen MR) is 143 cm³/mol. The molecule has 4 aromatic rings. The van der Waals surface area contributed by atoms with Crippen molar-refractivity contribution in [1.29, 1.82) is 0 Å². The quantitative estimate of drug-likeness (QED) is 0.263. The number of hydrogen-bond donors (Lipinski definition) is 1. The van der Waals surface area contributed by atoms with E-state index in [9.17, 15) is 8.42 Å². The first-order valence-corrected chi connectivity index (χ1v) is 15.3. The van der Waals surface area contributed by atoms with Crippen LogP contribution < -0.4 is 10.0 Å². The Labute approximate surface area is 206 Å². The molecule has 9 heteroatoms. The van der Waals surface area contributed by atoms with Crippen molar-refractivity contribution in [2.75, 3.05) is 26.1 Å². The summed E-state index contributed by atoms with van der Waals surface area (Å²) in [4.78, 5) is 3.68. The Kier molecular flexibility index (Phi) is 7.79. The van der Waals surface area contributed by atoms with Gasteiger partial charge in [-0.15, -0.1) is 0 Å². The van der Waals surface area contributed by atoms with Crippen LogP contribution in [0.2, 0.25) is 0 Å². The number of aromatic amines is 1. The van der Waals surface area contributed by atoms with Gasteiger partial charge in [-0.2, -0.15) is 0 Å². The van der Waals surface area contributed by atoms with Crippen LogP contribution in [0.3, 0.4) is 0 Å². The molecule has 0 amide bonds. The predicted octanol–water partition coefficient (Wildman–Crippen LogP) is 5.53. The van der Waals surface area contributed by atoms with E-state index >= 15 is 0 Å². The third kappa shape index (κ3) is 5.22. The molecule has 3 aromatic carbocycles. The Morgan fingerprint density at radius 3 is 2.06 bits per heavy atom. The summed E-state index contributed by atoms with van der Waals surface area (Å²) in [6.45, 7) is 7.31. The van der Waals surface area contributed by atoms with E-state index in [0.29, 0.717) is 43.0 Å². The van der Waals surface area contributed by atoms with Gasteiger partial charge < -0.3 is 0 Å². The molecule has 4 rings (SSSR count). The van der Waals surface area contributed by atoms with Crippen LogP contribution >= 0.6 is 7.94 Å². The van der Waals surface area contributed by atoms with Gasteiger partial charge in [0.2, 0.25) is 0 Å². The van der Waals surface area contributed by atoms with Gasteiger partial charge in [0.15, 0.2) is 0 Å². The third-order valence-corrected chi connectivity index (χ3v) is 9.91. The second-order valence-corrected chi connectivity index (χ2v) is 12.6. The molecular formula is C26H32NO6PS. The average Bonchev–Trinajstić information content (AvgIpc) is 3.20. The van der Waals surface area contributed by atoms with Gasteiger partial charge >= 0.3 is 207 Å². The maximum atomic E-state index is 12.2. The molecule has 1 N–H and O–H groups in total. The minimum absolute atomic E-state index is 0.251. The fourth-order valence-electron chi connectivity index (χ4n) is 4.24. The Morgan fingerprint density at radius 2 is 1.46 bits per heavy atom. The van der Waals surface area contributed by atoms with Crippen LogP contribution in [0.4, 0.5) is 0 Å². The van der Waals surface area contributed by atoms with Gasteiger partial charge in [-0.05, 0) is 0 Å². The summed E-state index contributed by atoms with van der Waals surface area (Å²) < 4.78 is 49.5. The zero-order chi connectivity index (χ0) is 25.1. The number of rotatable bonds is 11. The molecule has 0 spiro atoms. The molecule has 0 radical (unpaired) electrons. The van der Waals surface area contributed by atoms with Crippen LogP contribution in [0, 0.1) is 0 Å². The standard InChI is InChI=1S/C26H32NO6PS/c1-5-31-34(32-6-2,33-7-3)26-24(30-18-19-11-9-8-10-12-19)16-15-22-21-14-13-20(35(4,28)29)17-23(21)27-25(22)26/h8-17,27,34H,5-7,18H2,1-4H3. The minimum atomic E-state index is -3.41. The van der Waals surface area contributed by atoms with Gasteiger partial charge in [0, 0.05) is 0 Å². The number of sulfone groups is 1. The summed E-state index contributed by atoms with van der Waals surface area (Å²) in [5.41, 5.74) is 2.50.